The lowest BCUT2D eigenvalue weighted by Gasteiger charge is -2.07. The molecular weight excluding hydrogens is 248 g/mol. The van der Waals surface area contributed by atoms with Crippen LogP contribution in [0, 0.1) is 0 Å². The minimum atomic E-state index is -1.08. The van der Waals surface area contributed by atoms with Gasteiger partial charge in [0.1, 0.15) is 18.7 Å². The standard InChI is InChI=1S/C12H12N4O3/c17-10(13-6-11(18)19)5-14-12-8-3-1-2-4-9(8)15-7-16-12/h1-4,7H,5-6H2,(H,13,17)(H,18,19)(H,14,15,16). The number of nitrogens with one attached hydrogen (secondary N) is 2. The number of hydrogen-bond acceptors (Lipinski definition) is 5. The van der Waals surface area contributed by atoms with E-state index in [0.29, 0.717) is 5.82 Å². The van der Waals surface area contributed by atoms with Gasteiger partial charge in [-0.25, -0.2) is 9.97 Å². The zero-order valence-corrected chi connectivity index (χ0v) is 9.96. The molecule has 0 aliphatic carbocycles. The maximum absolute atomic E-state index is 11.4. The SMILES string of the molecule is O=C(O)CNC(=O)CNc1ncnc2ccccc12. The van der Waals surface area contributed by atoms with Crippen LogP contribution >= 0.6 is 0 Å². The molecule has 0 bridgehead atoms. The van der Waals surface area contributed by atoms with Gasteiger partial charge in [-0.2, -0.15) is 0 Å². The average Bonchev–Trinajstić information content (AvgIpc) is 2.42. The number of aliphatic carboxylic acids is 1. The Hall–Kier alpha value is -2.70. The highest BCUT2D eigenvalue weighted by atomic mass is 16.4. The van der Waals surface area contributed by atoms with Crippen LogP contribution in [0.25, 0.3) is 10.9 Å². The van der Waals surface area contributed by atoms with Gasteiger partial charge < -0.3 is 15.7 Å². The minimum absolute atomic E-state index is 0.0473. The molecule has 3 N–H and O–H groups in total. The van der Waals surface area contributed by atoms with Crippen molar-refractivity contribution < 1.29 is 14.7 Å². The molecule has 1 heterocycles. The summed E-state index contributed by atoms with van der Waals surface area (Å²) in [6.45, 7) is -0.445. The van der Waals surface area contributed by atoms with Gasteiger partial charge >= 0.3 is 5.97 Å². The predicted molar refractivity (Wildman–Crippen MR) is 68.7 cm³/mol. The number of anilines is 1. The van der Waals surface area contributed by atoms with Gasteiger partial charge in [-0.1, -0.05) is 12.1 Å². The monoisotopic (exact) mass is 260 g/mol. The Morgan fingerprint density at radius 2 is 1.95 bits per heavy atom. The summed E-state index contributed by atoms with van der Waals surface area (Å²) in [6.07, 6.45) is 1.40. The smallest absolute Gasteiger partial charge is 0.322 e. The summed E-state index contributed by atoms with van der Waals surface area (Å²) >= 11 is 0. The third kappa shape index (κ3) is 3.38. The molecule has 2 aromatic rings. The van der Waals surface area contributed by atoms with Crippen LogP contribution in [0.1, 0.15) is 0 Å². The Labute approximate surface area is 108 Å². The summed E-state index contributed by atoms with van der Waals surface area (Å²) in [4.78, 5) is 29.8. The van der Waals surface area contributed by atoms with Gasteiger partial charge in [0, 0.05) is 5.39 Å². The first-order chi connectivity index (χ1) is 9.16. The van der Waals surface area contributed by atoms with Crippen molar-refractivity contribution in [3.8, 4) is 0 Å². The Bertz CT molecular complexity index is 609. The first kappa shape index (κ1) is 12.7. The quantitative estimate of drug-likeness (QED) is 0.711. The number of carbonyl (C=O) groups is 2. The van der Waals surface area contributed by atoms with Crippen molar-refractivity contribution in [2.24, 2.45) is 0 Å². The van der Waals surface area contributed by atoms with Gasteiger partial charge in [-0.15, -0.1) is 0 Å². The zero-order chi connectivity index (χ0) is 13.7. The lowest BCUT2D eigenvalue weighted by molar-refractivity contribution is -0.137. The molecule has 0 atom stereocenters. The molecule has 98 valence electrons. The number of fused-ring (bicyclic) bond motifs is 1. The van der Waals surface area contributed by atoms with Crippen LogP contribution in [0.2, 0.25) is 0 Å². The van der Waals surface area contributed by atoms with Gasteiger partial charge in [0.15, 0.2) is 0 Å². The van der Waals surface area contributed by atoms with Crippen LogP contribution in [0.15, 0.2) is 30.6 Å². The number of nitrogens with zero attached hydrogens (tertiary/aromatic N) is 2. The first-order valence-corrected chi connectivity index (χ1v) is 5.59. The van der Waals surface area contributed by atoms with Crippen molar-refractivity contribution in [3.05, 3.63) is 30.6 Å². The largest absolute Gasteiger partial charge is 0.480 e. The molecule has 2 rings (SSSR count). The summed E-state index contributed by atoms with van der Waals surface area (Å²) in [7, 11) is 0. The number of benzene rings is 1. The average molecular weight is 260 g/mol. The molecule has 1 aromatic carbocycles. The molecule has 0 aliphatic rings. The molecule has 7 heteroatoms. The second kappa shape index (κ2) is 5.76. The number of rotatable bonds is 5. The number of aromatic nitrogens is 2. The number of amides is 1. The number of carbonyl (C=O) groups excluding carboxylic acids is 1. The summed E-state index contributed by atoms with van der Waals surface area (Å²) in [5.41, 5.74) is 0.769. The van der Waals surface area contributed by atoms with E-state index in [1.807, 2.05) is 24.3 Å². The van der Waals surface area contributed by atoms with Crippen molar-refractivity contribution in [2.75, 3.05) is 18.4 Å². The molecular formula is C12H12N4O3. The van der Waals surface area contributed by atoms with Crippen molar-refractivity contribution >= 4 is 28.6 Å². The molecule has 0 unspecified atom stereocenters. The van der Waals surface area contributed by atoms with Crippen LogP contribution in [-0.4, -0.2) is 40.0 Å². The number of para-hydroxylation sites is 1. The van der Waals surface area contributed by atoms with Crippen molar-refractivity contribution in [1.82, 2.24) is 15.3 Å². The van der Waals surface area contributed by atoms with Crippen LogP contribution in [0.4, 0.5) is 5.82 Å². The molecule has 1 aromatic heterocycles. The lowest BCUT2D eigenvalue weighted by Crippen LogP contribution is -2.34. The topological polar surface area (TPSA) is 104 Å². The van der Waals surface area contributed by atoms with Gasteiger partial charge in [0.25, 0.3) is 0 Å². The van der Waals surface area contributed by atoms with Gasteiger partial charge in [0.2, 0.25) is 5.91 Å². The molecule has 0 fully saturated rings. The highest BCUT2D eigenvalue weighted by Crippen LogP contribution is 2.17. The second-order valence-corrected chi connectivity index (χ2v) is 3.76. The fourth-order valence-corrected chi connectivity index (χ4v) is 1.55. The van der Waals surface area contributed by atoms with E-state index in [2.05, 4.69) is 20.6 Å². The third-order valence-corrected chi connectivity index (χ3v) is 2.40. The zero-order valence-electron chi connectivity index (χ0n) is 9.96. The van der Waals surface area contributed by atoms with Crippen LogP contribution < -0.4 is 10.6 Å². The molecule has 7 nitrogen and oxygen atoms in total. The molecule has 0 aliphatic heterocycles. The maximum Gasteiger partial charge on any atom is 0.322 e. The lowest BCUT2D eigenvalue weighted by atomic mass is 10.2. The summed E-state index contributed by atoms with van der Waals surface area (Å²) < 4.78 is 0. The summed E-state index contributed by atoms with van der Waals surface area (Å²) in [5.74, 6) is -0.956. The van der Waals surface area contributed by atoms with E-state index >= 15 is 0 Å². The third-order valence-electron chi connectivity index (χ3n) is 2.40. The molecule has 0 saturated carbocycles. The Kier molecular flexibility index (Phi) is 3.87. The molecule has 1 amide bonds. The number of carboxylic acid groups (broad SMARTS) is 1. The Morgan fingerprint density at radius 1 is 1.16 bits per heavy atom. The molecule has 19 heavy (non-hydrogen) atoms. The van der Waals surface area contributed by atoms with Gasteiger partial charge in [0.05, 0.1) is 12.1 Å². The van der Waals surface area contributed by atoms with E-state index in [-0.39, 0.29) is 6.54 Å². The Balaban J connectivity index is 2.02. The summed E-state index contributed by atoms with van der Waals surface area (Å²) in [6, 6.07) is 7.39. The number of hydrogen-bond donors (Lipinski definition) is 3. The summed E-state index contributed by atoms with van der Waals surface area (Å²) in [5, 5.41) is 14.3. The van der Waals surface area contributed by atoms with Gasteiger partial charge in [-0.3, -0.25) is 9.59 Å². The van der Waals surface area contributed by atoms with E-state index in [1.165, 1.54) is 6.33 Å². The van der Waals surface area contributed by atoms with Crippen LogP contribution in [0.3, 0.4) is 0 Å². The van der Waals surface area contributed by atoms with E-state index in [9.17, 15) is 9.59 Å². The molecule has 0 radical (unpaired) electrons. The van der Waals surface area contributed by atoms with E-state index in [0.717, 1.165) is 10.9 Å². The second-order valence-electron chi connectivity index (χ2n) is 3.76. The highest BCUT2D eigenvalue weighted by molar-refractivity contribution is 5.91. The Morgan fingerprint density at radius 3 is 2.74 bits per heavy atom. The van der Waals surface area contributed by atoms with E-state index in [1.54, 1.807) is 0 Å². The van der Waals surface area contributed by atoms with Crippen LogP contribution in [-0.2, 0) is 9.59 Å². The van der Waals surface area contributed by atoms with Gasteiger partial charge in [-0.05, 0) is 12.1 Å². The van der Waals surface area contributed by atoms with E-state index < -0.39 is 18.4 Å². The first-order valence-electron chi connectivity index (χ1n) is 5.59. The fraction of sp³-hybridized carbons (Fsp3) is 0.167. The highest BCUT2D eigenvalue weighted by Gasteiger charge is 2.06. The maximum atomic E-state index is 11.4. The molecule has 0 saturated heterocycles. The predicted octanol–water partition coefficient (Wildman–Crippen LogP) is 0.242. The van der Waals surface area contributed by atoms with Crippen LogP contribution in [0.5, 0.6) is 0 Å². The van der Waals surface area contributed by atoms with E-state index in [4.69, 9.17) is 5.11 Å². The minimum Gasteiger partial charge on any atom is -0.480 e. The fourth-order valence-electron chi connectivity index (χ4n) is 1.55. The number of carboxylic acids is 1. The van der Waals surface area contributed by atoms with Crippen molar-refractivity contribution in [3.63, 3.8) is 0 Å². The molecule has 0 spiro atoms. The van der Waals surface area contributed by atoms with Crippen molar-refractivity contribution in [1.29, 1.82) is 0 Å². The normalized spacial score (nSPS) is 10.1. The van der Waals surface area contributed by atoms with Crippen molar-refractivity contribution in [2.45, 2.75) is 0 Å².